The molecule has 3 rings (SSSR count). The largest absolute Gasteiger partial charge is 0.485 e. The SMILES string of the molecule is Cc1nn(-c2ccc(Br)c3c2OC(C)(C)C3)c(=O)n1C. The zero-order valence-electron chi connectivity index (χ0n) is 11.9. The summed E-state index contributed by atoms with van der Waals surface area (Å²) in [4.78, 5) is 12.2. The maximum Gasteiger partial charge on any atom is 0.350 e. The third kappa shape index (κ3) is 1.90. The van der Waals surface area contributed by atoms with E-state index in [1.807, 2.05) is 32.9 Å². The van der Waals surface area contributed by atoms with Gasteiger partial charge in [-0.3, -0.25) is 4.57 Å². The molecule has 106 valence electrons. The van der Waals surface area contributed by atoms with Crippen LogP contribution in [0.2, 0.25) is 0 Å². The molecule has 6 heteroatoms. The number of benzene rings is 1. The van der Waals surface area contributed by atoms with E-state index in [0.717, 1.165) is 22.2 Å². The van der Waals surface area contributed by atoms with Crippen LogP contribution in [0, 0.1) is 6.92 Å². The Labute approximate surface area is 125 Å². The van der Waals surface area contributed by atoms with Crippen molar-refractivity contribution in [2.24, 2.45) is 7.05 Å². The third-order valence-electron chi connectivity index (χ3n) is 3.59. The Balaban J connectivity index is 2.25. The maximum absolute atomic E-state index is 12.2. The van der Waals surface area contributed by atoms with Crippen molar-refractivity contribution in [3.05, 3.63) is 38.5 Å². The van der Waals surface area contributed by atoms with E-state index in [1.165, 1.54) is 9.25 Å². The van der Waals surface area contributed by atoms with Crippen LogP contribution in [0.1, 0.15) is 25.2 Å². The van der Waals surface area contributed by atoms with Crippen LogP contribution in [0.4, 0.5) is 0 Å². The summed E-state index contributed by atoms with van der Waals surface area (Å²) in [6.45, 7) is 5.88. The quantitative estimate of drug-likeness (QED) is 0.802. The van der Waals surface area contributed by atoms with Crippen LogP contribution in [-0.4, -0.2) is 19.9 Å². The molecule has 0 fully saturated rings. The summed E-state index contributed by atoms with van der Waals surface area (Å²) in [7, 11) is 1.71. The van der Waals surface area contributed by atoms with E-state index in [1.54, 1.807) is 7.05 Å². The van der Waals surface area contributed by atoms with E-state index >= 15 is 0 Å². The van der Waals surface area contributed by atoms with Crippen LogP contribution in [0.3, 0.4) is 0 Å². The van der Waals surface area contributed by atoms with Crippen molar-refractivity contribution in [1.82, 2.24) is 14.3 Å². The van der Waals surface area contributed by atoms with Crippen molar-refractivity contribution in [3.63, 3.8) is 0 Å². The second-order valence-electron chi connectivity index (χ2n) is 5.71. The average Bonchev–Trinajstić information content (AvgIpc) is 2.82. The fourth-order valence-corrected chi connectivity index (χ4v) is 2.92. The minimum absolute atomic E-state index is 0.166. The highest BCUT2D eigenvalue weighted by Crippen LogP contribution is 2.42. The molecule has 5 nitrogen and oxygen atoms in total. The van der Waals surface area contributed by atoms with Gasteiger partial charge in [0.25, 0.3) is 0 Å². The van der Waals surface area contributed by atoms with Gasteiger partial charge in [0.1, 0.15) is 22.9 Å². The monoisotopic (exact) mass is 337 g/mol. The number of ether oxygens (including phenoxy) is 1. The Kier molecular flexibility index (Phi) is 2.83. The van der Waals surface area contributed by atoms with E-state index < -0.39 is 0 Å². The molecule has 20 heavy (non-hydrogen) atoms. The van der Waals surface area contributed by atoms with E-state index in [-0.39, 0.29) is 11.3 Å². The number of hydrogen-bond acceptors (Lipinski definition) is 3. The van der Waals surface area contributed by atoms with Gasteiger partial charge in [0.2, 0.25) is 0 Å². The number of aromatic nitrogens is 3. The van der Waals surface area contributed by atoms with Crippen molar-refractivity contribution in [2.45, 2.75) is 32.8 Å². The normalized spacial score (nSPS) is 16.1. The topological polar surface area (TPSA) is 49.1 Å². The van der Waals surface area contributed by atoms with Gasteiger partial charge in [-0.25, -0.2) is 4.79 Å². The van der Waals surface area contributed by atoms with Gasteiger partial charge in [0.15, 0.2) is 0 Å². The predicted octanol–water partition coefficient (Wildman–Crippen LogP) is 2.36. The highest BCUT2D eigenvalue weighted by Gasteiger charge is 2.34. The highest BCUT2D eigenvalue weighted by molar-refractivity contribution is 9.10. The lowest BCUT2D eigenvalue weighted by Gasteiger charge is -2.17. The molecule has 0 unspecified atom stereocenters. The van der Waals surface area contributed by atoms with E-state index in [2.05, 4.69) is 21.0 Å². The summed E-state index contributed by atoms with van der Waals surface area (Å²) in [6, 6.07) is 3.80. The molecule has 0 saturated heterocycles. The molecule has 0 N–H and O–H groups in total. The first-order chi connectivity index (χ1) is 9.30. The summed E-state index contributed by atoms with van der Waals surface area (Å²) in [5, 5.41) is 4.31. The van der Waals surface area contributed by atoms with Gasteiger partial charge in [-0.15, -0.1) is 0 Å². The standard InChI is InChI=1S/C14H16BrN3O2/c1-8-16-18(13(19)17(8)4)11-6-5-10(15)9-7-14(2,3)20-12(9)11/h5-6H,7H2,1-4H3. The van der Waals surface area contributed by atoms with Crippen molar-refractivity contribution >= 4 is 15.9 Å². The molecule has 2 aromatic rings. The van der Waals surface area contributed by atoms with Crippen molar-refractivity contribution in [3.8, 4) is 11.4 Å². The molecule has 0 radical (unpaired) electrons. The lowest BCUT2D eigenvalue weighted by atomic mass is 10.0. The molecular weight excluding hydrogens is 322 g/mol. The number of nitrogens with zero attached hydrogens (tertiary/aromatic N) is 3. The lowest BCUT2D eigenvalue weighted by molar-refractivity contribution is 0.138. The highest BCUT2D eigenvalue weighted by atomic mass is 79.9. The number of aryl methyl sites for hydroxylation is 1. The number of rotatable bonds is 1. The van der Waals surface area contributed by atoms with Gasteiger partial charge in [0, 0.05) is 23.5 Å². The fourth-order valence-electron chi connectivity index (χ4n) is 2.47. The first-order valence-corrected chi connectivity index (χ1v) is 7.23. The van der Waals surface area contributed by atoms with Crippen molar-refractivity contribution in [2.75, 3.05) is 0 Å². The molecule has 1 aliphatic heterocycles. The fraction of sp³-hybridized carbons (Fsp3) is 0.429. The smallest absolute Gasteiger partial charge is 0.350 e. The zero-order valence-corrected chi connectivity index (χ0v) is 13.5. The third-order valence-corrected chi connectivity index (χ3v) is 4.33. The molecule has 1 aromatic carbocycles. The second kappa shape index (κ2) is 4.22. The Bertz CT molecular complexity index is 759. The van der Waals surface area contributed by atoms with Crippen LogP contribution in [0.5, 0.6) is 5.75 Å². The van der Waals surface area contributed by atoms with Gasteiger partial charge in [-0.1, -0.05) is 15.9 Å². The molecule has 0 bridgehead atoms. The van der Waals surface area contributed by atoms with Gasteiger partial charge in [-0.2, -0.15) is 9.78 Å². The molecule has 1 aliphatic rings. The molecule has 0 aliphatic carbocycles. The van der Waals surface area contributed by atoms with E-state index in [4.69, 9.17) is 4.74 Å². The summed E-state index contributed by atoms with van der Waals surface area (Å²) in [5.74, 6) is 1.41. The molecule has 0 atom stereocenters. The van der Waals surface area contributed by atoms with E-state index in [0.29, 0.717) is 11.5 Å². The first kappa shape index (κ1) is 13.4. The molecule has 0 saturated carbocycles. The van der Waals surface area contributed by atoms with Gasteiger partial charge in [-0.05, 0) is 32.9 Å². The number of hydrogen-bond donors (Lipinski definition) is 0. The first-order valence-electron chi connectivity index (χ1n) is 6.43. The van der Waals surface area contributed by atoms with Crippen molar-refractivity contribution in [1.29, 1.82) is 0 Å². The zero-order chi connectivity index (χ0) is 14.7. The van der Waals surface area contributed by atoms with Gasteiger partial charge < -0.3 is 4.74 Å². The summed E-state index contributed by atoms with van der Waals surface area (Å²) >= 11 is 3.55. The Hall–Kier alpha value is -1.56. The van der Waals surface area contributed by atoms with Crippen LogP contribution in [-0.2, 0) is 13.5 Å². The van der Waals surface area contributed by atoms with E-state index in [9.17, 15) is 4.79 Å². The summed E-state index contributed by atoms with van der Waals surface area (Å²) in [5.41, 5.74) is 1.35. The lowest BCUT2D eigenvalue weighted by Crippen LogP contribution is -2.26. The van der Waals surface area contributed by atoms with Gasteiger partial charge >= 0.3 is 5.69 Å². The summed E-state index contributed by atoms with van der Waals surface area (Å²) in [6.07, 6.45) is 0.803. The minimum Gasteiger partial charge on any atom is -0.485 e. The van der Waals surface area contributed by atoms with Crippen LogP contribution in [0.25, 0.3) is 5.69 Å². The number of halogens is 1. The second-order valence-corrected chi connectivity index (χ2v) is 6.57. The molecular formula is C14H16BrN3O2. The average molecular weight is 338 g/mol. The Morgan fingerprint density at radius 3 is 2.70 bits per heavy atom. The Morgan fingerprint density at radius 2 is 2.10 bits per heavy atom. The molecule has 2 heterocycles. The summed E-state index contributed by atoms with van der Waals surface area (Å²) < 4.78 is 9.96. The van der Waals surface area contributed by atoms with Crippen LogP contribution >= 0.6 is 15.9 Å². The number of fused-ring (bicyclic) bond motifs is 1. The van der Waals surface area contributed by atoms with Crippen LogP contribution < -0.4 is 10.4 Å². The van der Waals surface area contributed by atoms with Crippen molar-refractivity contribution < 1.29 is 4.74 Å². The Morgan fingerprint density at radius 1 is 1.40 bits per heavy atom. The van der Waals surface area contributed by atoms with Crippen LogP contribution in [0.15, 0.2) is 21.4 Å². The molecule has 0 amide bonds. The molecule has 0 spiro atoms. The maximum atomic E-state index is 12.2. The van der Waals surface area contributed by atoms with Gasteiger partial charge in [0.05, 0.1) is 0 Å². The predicted molar refractivity (Wildman–Crippen MR) is 79.7 cm³/mol. The minimum atomic E-state index is -0.269. The molecule has 1 aromatic heterocycles.